The van der Waals surface area contributed by atoms with E-state index in [1.54, 1.807) is 7.05 Å². The van der Waals surface area contributed by atoms with E-state index in [-0.39, 0.29) is 6.29 Å². The lowest BCUT2D eigenvalue weighted by Crippen LogP contribution is -2.31. The van der Waals surface area contributed by atoms with Gasteiger partial charge in [0.2, 0.25) is 13.8 Å². The molecule has 1 atom stereocenters. The maximum atomic E-state index is 12.6. The second-order valence-corrected chi connectivity index (χ2v) is 12.4. The van der Waals surface area contributed by atoms with Crippen molar-refractivity contribution in [2.45, 2.75) is 19.6 Å². The first kappa shape index (κ1) is 15.8. The minimum atomic E-state index is -2.79. The molecule has 0 aromatic carbocycles. The van der Waals surface area contributed by atoms with Gasteiger partial charge in [0.15, 0.2) is 8.32 Å². The molecule has 0 heterocycles. The van der Waals surface area contributed by atoms with Crippen LogP contribution in [0, 0.1) is 0 Å². The van der Waals surface area contributed by atoms with Crippen molar-refractivity contribution in [3.63, 3.8) is 0 Å². The summed E-state index contributed by atoms with van der Waals surface area (Å²) in [7, 11) is 0.652. The van der Waals surface area contributed by atoms with Gasteiger partial charge in [0, 0.05) is 7.05 Å². The molecule has 16 heavy (non-hydrogen) atoms. The topological polar surface area (TPSA) is 49.9 Å². The predicted octanol–water partition coefficient (Wildman–Crippen LogP) is 1.68. The van der Waals surface area contributed by atoms with Crippen molar-refractivity contribution in [3.05, 3.63) is 0 Å². The normalized spacial score (nSPS) is 15.9. The van der Waals surface area contributed by atoms with Gasteiger partial charge in [0.1, 0.15) is 0 Å². The van der Waals surface area contributed by atoms with E-state index in [1.807, 2.05) is 38.6 Å². The lowest BCUT2D eigenvalue weighted by atomic mass is 11.0. The van der Waals surface area contributed by atoms with Gasteiger partial charge in [0.25, 0.3) is 0 Å². The van der Waals surface area contributed by atoms with Gasteiger partial charge < -0.3 is 14.0 Å². The Morgan fingerprint density at radius 1 is 1.19 bits per heavy atom. The van der Waals surface area contributed by atoms with Gasteiger partial charge >= 0.3 is 0 Å². The molecule has 1 unspecified atom stereocenters. The fourth-order valence-electron chi connectivity index (χ4n) is 1.41. The number of carbonyl (C=O) groups is 1. The molecule has 0 spiro atoms. The summed E-state index contributed by atoms with van der Waals surface area (Å²) in [4.78, 5) is 13.8. The lowest BCUT2D eigenvalue weighted by molar-refractivity contribution is -0.116. The first-order chi connectivity index (χ1) is 7.08. The zero-order valence-electron chi connectivity index (χ0n) is 11.1. The highest BCUT2D eigenvalue weighted by atomic mass is 31.2. The van der Waals surface area contributed by atoms with Gasteiger partial charge in [-0.15, -0.1) is 0 Å². The van der Waals surface area contributed by atoms with Crippen molar-refractivity contribution in [2.24, 2.45) is 0 Å². The Labute approximate surface area is 99.3 Å². The Bertz CT molecular complexity index is 278. The average Bonchev–Trinajstić information content (AvgIpc) is 1.97. The van der Waals surface area contributed by atoms with E-state index >= 15 is 0 Å². The molecule has 1 amide bonds. The molecule has 0 saturated heterocycles. The predicted molar refractivity (Wildman–Crippen MR) is 69.3 cm³/mol. The SMILES string of the molecule is CN(C)CP(=O)(CN(C)C=O)O[Si](C)(C)C. The van der Waals surface area contributed by atoms with Crippen LogP contribution in [-0.2, 0) is 13.6 Å². The van der Waals surface area contributed by atoms with Crippen molar-refractivity contribution >= 4 is 22.1 Å². The van der Waals surface area contributed by atoms with E-state index in [1.165, 1.54) is 4.90 Å². The molecule has 0 radical (unpaired) electrons. The standard InChI is InChI=1S/C9H23N2O3PSi/c1-10(2)8-15(13,9-11(3)7-12)14-16(4,5)6/h7H,8-9H2,1-6H3. The maximum absolute atomic E-state index is 12.6. The van der Waals surface area contributed by atoms with Crippen LogP contribution in [0.4, 0.5) is 0 Å². The van der Waals surface area contributed by atoms with Gasteiger partial charge in [-0.05, 0) is 33.7 Å². The Hall–Kier alpha value is -0.163. The van der Waals surface area contributed by atoms with Crippen LogP contribution in [0.25, 0.3) is 0 Å². The van der Waals surface area contributed by atoms with Crippen molar-refractivity contribution in [2.75, 3.05) is 33.7 Å². The highest BCUT2D eigenvalue weighted by Gasteiger charge is 2.32. The summed E-state index contributed by atoms with van der Waals surface area (Å²) in [6, 6.07) is 0. The fourth-order valence-corrected chi connectivity index (χ4v) is 7.56. The van der Waals surface area contributed by atoms with Crippen LogP contribution in [0.2, 0.25) is 19.6 Å². The first-order valence-electron chi connectivity index (χ1n) is 5.17. The Morgan fingerprint density at radius 2 is 1.69 bits per heavy atom. The van der Waals surface area contributed by atoms with Crippen molar-refractivity contribution in [3.8, 4) is 0 Å². The Balaban J connectivity index is 4.75. The van der Waals surface area contributed by atoms with E-state index in [0.29, 0.717) is 12.7 Å². The summed E-state index contributed by atoms with van der Waals surface area (Å²) < 4.78 is 18.3. The highest BCUT2D eigenvalue weighted by Crippen LogP contribution is 2.49. The molecule has 96 valence electrons. The third-order valence-electron chi connectivity index (χ3n) is 1.56. The van der Waals surface area contributed by atoms with Crippen molar-refractivity contribution in [1.82, 2.24) is 9.80 Å². The van der Waals surface area contributed by atoms with Crippen LogP contribution in [-0.4, -0.2) is 58.2 Å². The van der Waals surface area contributed by atoms with Crippen LogP contribution in [0.15, 0.2) is 0 Å². The van der Waals surface area contributed by atoms with Crippen LogP contribution in [0.3, 0.4) is 0 Å². The second-order valence-electron chi connectivity index (χ2n) is 5.24. The molecular formula is C9H23N2O3PSi. The molecule has 0 rings (SSSR count). The molecule has 0 N–H and O–H groups in total. The lowest BCUT2D eigenvalue weighted by Gasteiger charge is -2.30. The van der Waals surface area contributed by atoms with Crippen LogP contribution < -0.4 is 0 Å². The Kier molecular flexibility index (Phi) is 5.90. The van der Waals surface area contributed by atoms with Gasteiger partial charge in [-0.2, -0.15) is 0 Å². The van der Waals surface area contributed by atoms with Crippen LogP contribution in [0.1, 0.15) is 0 Å². The molecule has 0 aromatic heterocycles. The molecule has 0 aromatic rings. The van der Waals surface area contributed by atoms with E-state index < -0.39 is 15.7 Å². The number of amides is 1. The molecular weight excluding hydrogens is 243 g/mol. The number of hydrogen-bond acceptors (Lipinski definition) is 4. The molecule has 0 fully saturated rings. The number of hydrogen-bond donors (Lipinski definition) is 0. The number of carbonyl (C=O) groups excluding carboxylic acids is 1. The molecule has 5 nitrogen and oxygen atoms in total. The van der Waals surface area contributed by atoms with Crippen molar-refractivity contribution in [1.29, 1.82) is 0 Å². The van der Waals surface area contributed by atoms with E-state index in [4.69, 9.17) is 4.21 Å². The molecule has 0 bridgehead atoms. The summed E-state index contributed by atoms with van der Waals surface area (Å²) in [5.74, 6) is 0. The molecule has 0 aliphatic heterocycles. The third-order valence-corrected chi connectivity index (χ3v) is 6.95. The zero-order chi connectivity index (χ0) is 13.0. The van der Waals surface area contributed by atoms with E-state index in [0.717, 1.165) is 0 Å². The Morgan fingerprint density at radius 3 is 2.00 bits per heavy atom. The largest absolute Gasteiger partial charge is 0.368 e. The molecule has 0 aliphatic rings. The summed E-state index contributed by atoms with van der Waals surface area (Å²) in [5, 5.41) is 0. The summed E-state index contributed by atoms with van der Waals surface area (Å²) in [6.45, 7) is 5.99. The zero-order valence-corrected chi connectivity index (χ0v) is 13.0. The van der Waals surface area contributed by atoms with Gasteiger partial charge in [-0.25, -0.2) is 0 Å². The third kappa shape index (κ3) is 7.17. The summed E-state index contributed by atoms with van der Waals surface area (Å²) in [5.41, 5.74) is 0. The van der Waals surface area contributed by atoms with Gasteiger partial charge in [0.05, 0.1) is 12.6 Å². The van der Waals surface area contributed by atoms with E-state index in [9.17, 15) is 9.36 Å². The summed E-state index contributed by atoms with van der Waals surface area (Å²) in [6.07, 6.45) is 1.23. The van der Waals surface area contributed by atoms with Gasteiger partial charge in [-0.3, -0.25) is 9.36 Å². The number of rotatable bonds is 7. The minimum Gasteiger partial charge on any atom is -0.368 e. The average molecular weight is 266 g/mol. The number of nitrogens with zero attached hydrogens (tertiary/aromatic N) is 2. The van der Waals surface area contributed by atoms with Crippen LogP contribution >= 0.6 is 7.37 Å². The summed E-state index contributed by atoms with van der Waals surface area (Å²) >= 11 is 0. The smallest absolute Gasteiger partial charge is 0.226 e. The fraction of sp³-hybridized carbons (Fsp3) is 0.889. The quantitative estimate of drug-likeness (QED) is 0.400. The molecule has 7 heteroatoms. The highest BCUT2D eigenvalue weighted by molar-refractivity contribution is 7.60. The minimum absolute atomic E-state index is 0.180. The maximum Gasteiger partial charge on any atom is 0.226 e. The second kappa shape index (κ2) is 5.96. The molecule has 0 saturated carbocycles. The monoisotopic (exact) mass is 266 g/mol. The van der Waals surface area contributed by atoms with E-state index in [2.05, 4.69) is 0 Å². The first-order valence-corrected chi connectivity index (χ1v) is 10.6. The van der Waals surface area contributed by atoms with Gasteiger partial charge in [-0.1, -0.05) is 0 Å². The van der Waals surface area contributed by atoms with Crippen LogP contribution in [0.5, 0.6) is 0 Å². The van der Waals surface area contributed by atoms with Crippen molar-refractivity contribution < 1.29 is 13.6 Å². The molecule has 0 aliphatic carbocycles.